The Morgan fingerprint density at radius 1 is 1.47 bits per heavy atom. The zero-order valence-corrected chi connectivity index (χ0v) is 12.2. The van der Waals surface area contributed by atoms with E-state index in [9.17, 15) is 4.79 Å². The van der Waals surface area contributed by atoms with E-state index < -0.39 is 0 Å². The van der Waals surface area contributed by atoms with Gasteiger partial charge in [0.1, 0.15) is 0 Å². The lowest BCUT2D eigenvalue weighted by Gasteiger charge is -2.26. The molecule has 1 fully saturated rings. The number of carbonyl (C=O) groups is 1. The molecule has 1 saturated heterocycles. The standard InChI is InChI=1S/C12H20N4O2S/c1-3-13-12-15-14-10(19-12)11(17)16(2)8-9-4-6-18-7-5-9/h9H,3-8H2,1-2H3,(H,13,15). The van der Waals surface area contributed by atoms with Crippen LogP contribution in [0.4, 0.5) is 5.13 Å². The molecule has 0 atom stereocenters. The lowest BCUT2D eigenvalue weighted by atomic mass is 10.00. The van der Waals surface area contributed by atoms with Gasteiger partial charge < -0.3 is 15.0 Å². The van der Waals surface area contributed by atoms with Gasteiger partial charge in [0.15, 0.2) is 0 Å². The van der Waals surface area contributed by atoms with Gasteiger partial charge in [-0.15, -0.1) is 10.2 Å². The van der Waals surface area contributed by atoms with Crippen molar-refractivity contribution in [1.29, 1.82) is 0 Å². The fourth-order valence-corrected chi connectivity index (χ4v) is 2.90. The molecule has 2 rings (SSSR count). The third-order valence-corrected chi connectivity index (χ3v) is 4.02. The van der Waals surface area contributed by atoms with Gasteiger partial charge in [0.2, 0.25) is 10.1 Å². The first-order valence-corrected chi connectivity index (χ1v) is 7.43. The second-order valence-electron chi connectivity index (χ2n) is 4.68. The Hall–Kier alpha value is -1.21. The Labute approximate surface area is 117 Å². The van der Waals surface area contributed by atoms with Crippen LogP contribution >= 0.6 is 11.3 Å². The summed E-state index contributed by atoms with van der Waals surface area (Å²) in [7, 11) is 1.83. The van der Waals surface area contributed by atoms with Gasteiger partial charge in [-0.3, -0.25) is 4.79 Å². The maximum atomic E-state index is 12.2. The summed E-state index contributed by atoms with van der Waals surface area (Å²) in [6.45, 7) is 5.13. The van der Waals surface area contributed by atoms with E-state index in [1.165, 1.54) is 11.3 Å². The van der Waals surface area contributed by atoms with Crippen molar-refractivity contribution >= 4 is 22.4 Å². The van der Waals surface area contributed by atoms with Crippen LogP contribution in [0.2, 0.25) is 0 Å². The van der Waals surface area contributed by atoms with Crippen molar-refractivity contribution in [2.24, 2.45) is 5.92 Å². The number of rotatable bonds is 5. The van der Waals surface area contributed by atoms with E-state index >= 15 is 0 Å². The van der Waals surface area contributed by atoms with Crippen molar-refractivity contribution in [3.8, 4) is 0 Å². The molecule has 7 heteroatoms. The highest BCUT2D eigenvalue weighted by atomic mass is 32.1. The molecule has 0 spiro atoms. The first-order chi connectivity index (χ1) is 9.20. The summed E-state index contributed by atoms with van der Waals surface area (Å²) in [5, 5.41) is 12.1. The number of carbonyl (C=O) groups excluding carboxylic acids is 1. The van der Waals surface area contributed by atoms with Crippen molar-refractivity contribution in [2.45, 2.75) is 19.8 Å². The largest absolute Gasteiger partial charge is 0.381 e. The van der Waals surface area contributed by atoms with Crippen molar-refractivity contribution < 1.29 is 9.53 Å². The SMILES string of the molecule is CCNc1nnc(C(=O)N(C)CC2CCOCC2)s1. The molecule has 0 unspecified atom stereocenters. The average molecular weight is 284 g/mol. The van der Waals surface area contributed by atoms with E-state index in [-0.39, 0.29) is 5.91 Å². The lowest BCUT2D eigenvalue weighted by molar-refractivity contribution is 0.0497. The molecule has 0 bridgehead atoms. The minimum atomic E-state index is -0.0480. The van der Waals surface area contributed by atoms with Gasteiger partial charge in [-0.1, -0.05) is 11.3 Å². The Balaban J connectivity index is 1.89. The Morgan fingerprint density at radius 2 is 2.21 bits per heavy atom. The van der Waals surface area contributed by atoms with Crippen LogP contribution in [0.3, 0.4) is 0 Å². The second kappa shape index (κ2) is 6.81. The highest BCUT2D eigenvalue weighted by Gasteiger charge is 2.21. The summed E-state index contributed by atoms with van der Waals surface area (Å²) in [5.74, 6) is 0.483. The summed E-state index contributed by atoms with van der Waals surface area (Å²) in [4.78, 5) is 14.0. The maximum Gasteiger partial charge on any atom is 0.284 e. The summed E-state index contributed by atoms with van der Waals surface area (Å²) in [5.41, 5.74) is 0. The lowest BCUT2D eigenvalue weighted by Crippen LogP contribution is -2.34. The highest BCUT2D eigenvalue weighted by molar-refractivity contribution is 7.17. The quantitative estimate of drug-likeness (QED) is 0.887. The van der Waals surface area contributed by atoms with Crippen LogP contribution in [0.5, 0.6) is 0 Å². The molecular formula is C12H20N4O2S. The smallest absolute Gasteiger partial charge is 0.284 e. The van der Waals surface area contributed by atoms with Crippen LogP contribution < -0.4 is 5.32 Å². The molecule has 1 aromatic heterocycles. The van der Waals surface area contributed by atoms with Gasteiger partial charge in [-0.05, 0) is 25.7 Å². The van der Waals surface area contributed by atoms with Gasteiger partial charge in [-0.2, -0.15) is 0 Å². The predicted octanol–water partition coefficient (Wildman–Crippen LogP) is 1.47. The first-order valence-electron chi connectivity index (χ1n) is 6.61. The Morgan fingerprint density at radius 3 is 2.89 bits per heavy atom. The van der Waals surface area contributed by atoms with Crippen molar-refractivity contribution in [2.75, 3.05) is 38.7 Å². The molecule has 2 heterocycles. The average Bonchev–Trinajstić information content (AvgIpc) is 2.88. The molecule has 0 aromatic carbocycles. The predicted molar refractivity (Wildman–Crippen MR) is 74.6 cm³/mol. The van der Waals surface area contributed by atoms with Gasteiger partial charge in [0, 0.05) is 33.4 Å². The summed E-state index contributed by atoms with van der Waals surface area (Å²) >= 11 is 1.31. The van der Waals surface area contributed by atoms with Crippen LogP contribution in [0.15, 0.2) is 0 Å². The summed E-state index contributed by atoms with van der Waals surface area (Å²) in [6.07, 6.45) is 2.05. The van der Waals surface area contributed by atoms with Crippen molar-refractivity contribution in [3.63, 3.8) is 0 Å². The summed E-state index contributed by atoms with van der Waals surface area (Å²) in [6, 6.07) is 0. The fourth-order valence-electron chi connectivity index (χ4n) is 2.09. The van der Waals surface area contributed by atoms with Crippen LogP contribution in [-0.4, -0.2) is 54.4 Å². The van der Waals surface area contributed by atoms with E-state index in [1.54, 1.807) is 4.90 Å². The molecular weight excluding hydrogens is 264 g/mol. The van der Waals surface area contributed by atoms with Crippen LogP contribution in [0.25, 0.3) is 0 Å². The van der Waals surface area contributed by atoms with E-state index in [1.807, 2.05) is 14.0 Å². The Kier molecular flexibility index (Phi) is 5.09. The molecule has 0 saturated carbocycles. The zero-order valence-electron chi connectivity index (χ0n) is 11.4. The van der Waals surface area contributed by atoms with Crippen molar-refractivity contribution in [3.05, 3.63) is 5.01 Å². The van der Waals surface area contributed by atoms with Crippen LogP contribution in [0, 0.1) is 5.92 Å². The molecule has 1 aromatic rings. The number of nitrogens with zero attached hydrogens (tertiary/aromatic N) is 3. The van der Waals surface area contributed by atoms with E-state index in [2.05, 4.69) is 15.5 Å². The third kappa shape index (κ3) is 3.87. The number of aromatic nitrogens is 2. The second-order valence-corrected chi connectivity index (χ2v) is 5.66. The fraction of sp³-hybridized carbons (Fsp3) is 0.750. The summed E-state index contributed by atoms with van der Waals surface area (Å²) < 4.78 is 5.32. The molecule has 0 radical (unpaired) electrons. The van der Waals surface area contributed by atoms with Gasteiger partial charge in [0.05, 0.1) is 0 Å². The molecule has 1 amide bonds. The molecule has 6 nitrogen and oxygen atoms in total. The van der Waals surface area contributed by atoms with E-state index in [4.69, 9.17) is 4.74 Å². The number of ether oxygens (including phenoxy) is 1. The Bertz CT molecular complexity index is 418. The number of hydrogen-bond acceptors (Lipinski definition) is 6. The molecule has 19 heavy (non-hydrogen) atoms. The van der Waals surface area contributed by atoms with Gasteiger partial charge in [0.25, 0.3) is 5.91 Å². The van der Waals surface area contributed by atoms with E-state index in [0.29, 0.717) is 16.1 Å². The van der Waals surface area contributed by atoms with Gasteiger partial charge >= 0.3 is 0 Å². The highest BCUT2D eigenvalue weighted by Crippen LogP contribution is 2.19. The number of hydrogen-bond donors (Lipinski definition) is 1. The third-order valence-electron chi connectivity index (χ3n) is 3.16. The molecule has 0 aliphatic carbocycles. The zero-order chi connectivity index (χ0) is 13.7. The normalized spacial score (nSPS) is 16.3. The van der Waals surface area contributed by atoms with Crippen LogP contribution in [-0.2, 0) is 4.74 Å². The van der Waals surface area contributed by atoms with Crippen LogP contribution in [0.1, 0.15) is 29.6 Å². The molecule has 1 N–H and O–H groups in total. The van der Waals surface area contributed by atoms with Gasteiger partial charge in [-0.25, -0.2) is 0 Å². The minimum absolute atomic E-state index is 0.0480. The molecule has 1 aliphatic rings. The number of anilines is 1. The monoisotopic (exact) mass is 284 g/mol. The number of amides is 1. The first kappa shape index (κ1) is 14.2. The molecule has 106 valence electrons. The minimum Gasteiger partial charge on any atom is -0.381 e. The maximum absolute atomic E-state index is 12.2. The van der Waals surface area contributed by atoms with Crippen molar-refractivity contribution in [1.82, 2.24) is 15.1 Å². The van der Waals surface area contributed by atoms with E-state index in [0.717, 1.165) is 39.1 Å². The number of nitrogens with one attached hydrogen (secondary N) is 1. The topological polar surface area (TPSA) is 67.4 Å². The molecule has 1 aliphatic heterocycles.